The molecule has 1 N–H and O–H groups in total. The molecule has 0 radical (unpaired) electrons. The number of aliphatic hydroxyl groups excluding tert-OH is 1. The number of allylic oxidation sites excluding steroid dienone is 1. The van der Waals surface area contributed by atoms with Gasteiger partial charge in [0.25, 0.3) is 0 Å². The molecule has 0 fully saturated rings. The predicted octanol–water partition coefficient (Wildman–Crippen LogP) is 6.60. The first-order valence-electron chi connectivity index (χ1n) is 9.29. The van der Waals surface area contributed by atoms with Gasteiger partial charge in [0, 0.05) is 0 Å². The van der Waals surface area contributed by atoms with E-state index in [2.05, 4.69) is 39.8 Å². The van der Waals surface area contributed by atoms with Gasteiger partial charge in [0.15, 0.2) is 5.60 Å². The number of hydrogen-bond acceptors (Lipinski definition) is 2. The fourth-order valence-electron chi connectivity index (χ4n) is 2.82. The molecule has 0 amide bonds. The first-order valence-corrected chi connectivity index (χ1v) is 9.29. The van der Waals surface area contributed by atoms with Crippen LogP contribution < -0.4 is 4.74 Å². The van der Waals surface area contributed by atoms with E-state index in [1.165, 1.54) is 24.8 Å². The zero-order valence-electron chi connectivity index (χ0n) is 15.4. The van der Waals surface area contributed by atoms with Gasteiger partial charge in [-0.25, -0.2) is 0 Å². The zero-order valence-corrected chi connectivity index (χ0v) is 15.4. The third-order valence-corrected chi connectivity index (χ3v) is 4.65. The summed E-state index contributed by atoms with van der Waals surface area (Å²) in [6.45, 7) is 8.51. The molecule has 23 heavy (non-hydrogen) atoms. The SMILES string of the molecule is CCCCCC/C=C(\O)C(CC)(CC)Oc1ccc(CC)cc1. The Kier molecular flexibility index (Phi) is 8.83. The summed E-state index contributed by atoms with van der Waals surface area (Å²) in [6, 6.07) is 8.20. The summed E-state index contributed by atoms with van der Waals surface area (Å²) in [7, 11) is 0. The average molecular weight is 319 g/mol. The largest absolute Gasteiger partial charge is 0.508 e. The Labute approximate surface area is 142 Å². The third kappa shape index (κ3) is 5.93. The molecule has 0 unspecified atom stereocenters. The Hall–Kier alpha value is -1.44. The Morgan fingerprint density at radius 2 is 1.65 bits per heavy atom. The van der Waals surface area contributed by atoms with Crippen LogP contribution in [0.2, 0.25) is 0 Å². The predicted molar refractivity (Wildman–Crippen MR) is 99.2 cm³/mol. The van der Waals surface area contributed by atoms with Gasteiger partial charge in [-0.3, -0.25) is 0 Å². The van der Waals surface area contributed by atoms with Crippen LogP contribution in [0.4, 0.5) is 0 Å². The molecule has 0 aliphatic rings. The number of benzene rings is 1. The number of hydrogen-bond donors (Lipinski definition) is 1. The zero-order chi connectivity index (χ0) is 17.1. The van der Waals surface area contributed by atoms with Gasteiger partial charge in [0.2, 0.25) is 0 Å². The van der Waals surface area contributed by atoms with Crippen molar-refractivity contribution in [3.05, 3.63) is 41.7 Å². The summed E-state index contributed by atoms with van der Waals surface area (Å²) in [5.41, 5.74) is 0.699. The van der Waals surface area contributed by atoms with Crippen LogP contribution in [0.25, 0.3) is 0 Å². The van der Waals surface area contributed by atoms with E-state index in [4.69, 9.17) is 4.74 Å². The van der Waals surface area contributed by atoms with Gasteiger partial charge in [-0.1, -0.05) is 59.1 Å². The molecule has 0 bridgehead atoms. The Balaban J connectivity index is 2.77. The van der Waals surface area contributed by atoms with E-state index in [1.54, 1.807) is 0 Å². The standard InChI is InChI=1S/C21H34O2/c1-5-9-10-11-12-13-20(22)21(7-3,8-4)23-19-16-14-18(6-2)15-17-19/h13-17,22H,5-12H2,1-4H3/b20-13-. The number of rotatable bonds is 11. The molecule has 1 aromatic rings. The first kappa shape index (κ1) is 19.6. The lowest BCUT2D eigenvalue weighted by molar-refractivity contribution is 0.0526. The van der Waals surface area contributed by atoms with Gasteiger partial charge in [0.1, 0.15) is 11.5 Å². The molecular weight excluding hydrogens is 284 g/mol. The normalized spacial score (nSPS) is 12.4. The highest BCUT2D eigenvalue weighted by Crippen LogP contribution is 2.31. The summed E-state index contributed by atoms with van der Waals surface area (Å²) in [5.74, 6) is 1.22. The van der Waals surface area contributed by atoms with E-state index in [9.17, 15) is 5.11 Å². The van der Waals surface area contributed by atoms with Crippen molar-refractivity contribution in [1.82, 2.24) is 0 Å². The second-order valence-electron chi connectivity index (χ2n) is 6.24. The van der Waals surface area contributed by atoms with Gasteiger partial charge in [0.05, 0.1) is 0 Å². The van der Waals surface area contributed by atoms with E-state index in [1.807, 2.05) is 18.2 Å². The van der Waals surface area contributed by atoms with Gasteiger partial charge >= 0.3 is 0 Å². The number of ether oxygens (including phenoxy) is 1. The second kappa shape index (κ2) is 10.4. The highest BCUT2D eigenvalue weighted by Gasteiger charge is 2.33. The smallest absolute Gasteiger partial charge is 0.164 e. The maximum absolute atomic E-state index is 10.6. The van der Waals surface area contributed by atoms with Crippen molar-refractivity contribution in [3.8, 4) is 5.75 Å². The van der Waals surface area contributed by atoms with E-state index in [0.29, 0.717) is 5.76 Å². The maximum Gasteiger partial charge on any atom is 0.164 e. The molecule has 1 aromatic carbocycles. The third-order valence-electron chi connectivity index (χ3n) is 4.65. The Morgan fingerprint density at radius 3 is 2.17 bits per heavy atom. The lowest BCUT2D eigenvalue weighted by Gasteiger charge is -2.32. The second-order valence-corrected chi connectivity index (χ2v) is 6.24. The molecule has 130 valence electrons. The average Bonchev–Trinajstić information content (AvgIpc) is 2.60. The van der Waals surface area contributed by atoms with Gasteiger partial charge in [-0.2, -0.15) is 0 Å². The summed E-state index contributed by atoms with van der Waals surface area (Å²) in [5, 5.41) is 10.6. The van der Waals surface area contributed by atoms with Crippen molar-refractivity contribution in [2.24, 2.45) is 0 Å². The molecule has 2 heteroatoms. The molecule has 1 rings (SSSR count). The molecule has 0 aliphatic heterocycles. The van der Waals surface area contributed by atoms with Crippen LogP contribution >= 0.6 is 0 Å². The van der Waals surface area contributed by atoms with Crippen LogP contribution in [-0.2, 0) is 6.42 Å². The van der Waals surface area contributed by atoms with Crippen LogP contribution in [0.15, 0.2) is 36.1 Å². The highest BCUT2D eigenvalue weighted by molar-refractivity contribution is 5.29. The monoisotopic (exact) mass is 318 g/mol. The van der Waals surface area contributed by atoms with Crippen LogP contribution in [-0.4, -0.2) is 10.7 Å². The van der Waals surface area contributed by atoms with Gasteiger partial charge < -0.3 is 9.84 Å². The number of unbranched alkanes of at least 4 members (excludes halogenated alkanes) is 4. The minimum absolute atomic E-state index is 0.388. The fraction of sp³-hybridized carbons (Fsp3) is 0.619. The van der Waals surface area contributed by atoms with Crippen LogP contribution in [0.1, 0.15) is 78.2 Å². The van der Waals surface area contributed by atoms with Gasteiger partial charge in [-0.05, 0) is 55.9 Å². The first-order chi connectivity index (χ1) is 11.1. The topological polar surface area (TPSA) is 29.5 Å². The highest BCUT2D eigenvalue weighted by atomic mass is 16.5. The van der Waals surface area contributed by atoms with E-state index >= 15 is 0 Å². The van der Waals surface area contributed by atoms with Crippen molar-refractivity contribution in [2.45, 2.75) is 84.7 Å². The maximum atomic E-state index is 10.6. The molecule has 0 aliphatic carbocycles. The molecule has 0 aromatic heterocycles. The molecule has 2 nitrogen and oxygen atoms in total. The van der Waals surface area contributed by atoms with Crippen molar-refractivity contribution < 1.29 is 9.84 Å². The molecular formula is C21H34O2. The van der Waals surface area contributed by atoms with Crippen LogP contribution in [0, 0.1) is 0 Å². The van der Waals surface area contributed by atoms with Crippen LogP contribution in [0.3, 0.4) is 0 Å². The van der Waals surface area contributed by atoms with Gasteiger partial charge in [-0.15, -0.1) is 0 Å². The number of aliphatic hydroxyl groups is 1. The lowest BCUT2D eigenvalue weighted by Crippen LogP contribution is -2.37. The number of aryl methyl sites for hydroxylation is 1. The molecule has 0 saturated heterocycles. The lowest BCUT2D eigenvalue weighted by atomic mass is 9.93. The minimum atomic E-state index is -0.599. The van der Waals surface area contributed by atoms with E-state index in [0.717, 1.165) is 37.9 Å². The van der Waals surface area contributed by atoms with Crippen molar-refractivity contribution in [1.29, 1.82) is 0 Å². The van der Waals surface area contributed by atoms with Crippen LogP contribution in [0.5, 0.6) is 5.75 Å². The van der Waals surface area contributed by atoms with Crippen molar-refractivity contribution in [3.63, 3.8) is 0 Å². The minimum Gasteiger partial charge on any atom is -0.508 e. The molecule has 0 saturated carbocycles. The molecule has 0 spiro atoms. The Morgan fingerprint density at radius 1 is 1.00 bits per heavy atom. The Bertz CT molecular complexity index is 455. The quantitative estimate of drug-likeness (QED) is 0.368. The summed E-state index contributed by atoms with van der Waals surface area (Å²) >= 11 is 0. The van der Waals surface area contributed by atoms with E-state index in [-0.39, 0.29) is 0 Å². The van der Waals surface area contributed by atoms with Crippen molar-refractivity contribution in [2.75, 3.05) is 0 Å². The molecule has 0 heterocycles. The molecule has 0 atom stereocenters. The van der Waals surface area contributed by atoms with Crippen molar-refractivity contribution >= 4 is 0 Å². The summed E-state index contributed by atoms with van der Waals surface area (Å²) < 4.78 is 6.22. The van der Waals surface area contributed by atoms with E-state index < -0.39 is 5.60 Å². The fourth-order valence-corrected chi connectivity index (χ4v) is 2.82. The summed E-state index contributed by atoms with van der Waals surface area (Å²) in [4.78, 5) is 0. The summed E-state index contributed by atoms with van der Waals surface area (Å²) in [6.07, 6.45) is 10.3.